The van der Waals surface area contributed by atoms with E-state index < -0.39 is 15.7 Å². The van der Waals surface area contributed by atoms with E-state index in [9.17, 15) is 17.2 Å². The van der Waals surface area contributed by atoms with Crippen molar-refractivity contribution in [3.05, 3.63) is 83.2 Å². The molecule has 0 atom stereocenters. The molecular formula is C20H13F2NO3S3. The maximum Gasteiger partial charge on any atom is 0.238 e. The zero-order chi connectivity index (χ0) is 20.4. The Bertz CT molecular complexity index is 1230. The second-order valence-electron chi connectivity index (χ2n) is 5.93. The van der Waals surface area contributed by atoms with Crippen molar-refractivity contribution in [3.8, 4) is 10.8 Å². The number of nitrogens with zero attached hydrogens (tertiary/aromatic N) is 1. The molecule has 0 unspecified atom stereocenters. The Balaban J connectivity index is 1.75. The van der Waals surface area contributed by atoms with Gasteiger partial charge in [0, 0.05) is 5.75 Å². The molecule has 0 radical (unpaired) electrons. The van der Waals surface area contributed by atoms with E-state index in [4.69, 9.17) is 4.42 Å². The number of thiophene rings is 1. The molecule has 0 aliphatic carbocycles. The van der Waals surface area contributed by atoms with Crippen LogP contribution in [0, 0.1) is 11.6 Å². The molecule has 0 spiro atoms. The third kappa shape index (κ3) is 4.12. The lowest BCUT2D eigenvalue weighted by molar-refractivity contribution is 0.471. The summed E-state index contributed by atoms with van der Waals surface area (Å²) in [6.45, 7) is 0. The van der Waals surface area contributed by atoms with Crippen LogP contribution in [0.15, 0.2) is 85.5 Å². The van der Waals surface area contributed by atoms with Crippen molar-refractivity contribution in [3.63, 3.8) is 0 Å². The van der Waals surface area contributed by atoms with Gasteiger partial charge in [-0.1, -0.05) is 36.0 Å². The summed E-state index contributed by atoms with van der Waals surface area (Å²) in [6, 6.07) is 14.3. The number of benzene rings is 2. The molecule has 2 aromatic carbocycles. The lowest BCUT2D eigenvalue weighted by Gasteiger charge is -2.04. The molecule has 29 heavy (non-hydrogen) atoms. The summed E-state index contributed by atoms with van der Waals surface area (Å²) in [5, 5.41) is 1.61. The van der Waals surface area contributed by atoms with Crippen molar-refractivity contribution in [2.75, 3.05) is 0 Å². The molecule has 4 rings (SSSR count). The van der Waals surface area contributed by atoms with Crippen molar-refractivity contribution in [2.45, 2.75) is 20.8 Å². The largest absolute Gasteiger partial charge is 0.428 e. The van der Waals surface area contributed by atoms with Gasteiger partial charge in [0.2, 0.25) is 25.8 Å². The molecule has 2 heterocycles. The average molecular weight is 450 g/mol. The molecule has 0 saturated carbocycles. The molecule has 9 heteroatoms. The van der Waals surface area contributed by atoms with Crippen molar-refractivity contribution >= 4 is 32.9 Å². The molecule has 2 aromatic heterocycles. The molecular weight excluding hydrogens is 436 g/mol. The van der Waals surface area contributed by atoms with Crippen LogP contribution in [0.5, 0.6) is 0 Å². The fraction of sp³-hybridized carbons (Fsp3) is 0.0500. The first kappa shape index (κ1) is 19.8. The molecule has 148 valence electrons. The van der Waals surface area contributed by atoms with Crippen molar-refractivity contribution in [1.29, 1.82) is 0 Å². The highest BCUT2D eigenvalue weighted by molar-refractivity contribution is 7.99. The number of halogens is 2. The first-order valence-corrected chi connectivity index (χ1v) is 11.7. The normalized spacial score (nSPS) is 11.7. The first-order chi connectivity index (χ1) is 13.9. The molecule has 0 N–H and O–H groups in total. The summed E-state index contributed by atoms with van der Waals surface area (Å²) < 4.78 is 59.1. The van der Waals surface area contributed by atoms with Gasteiger partial charge in [0.25, 0.3) is 0 Å². The van der Waals surface area contributed by atoms with Crippen LogP contribution in [0.4, 0.5) is 8.78 Å². The lowest BCUT2D eigenvalue weighted by atomic mass is 10.2. The summed E-state index contributed by atoms with van der Waals surface area (Å²) in [7, 11) is -4.05. The van der Waals surface area contributed by atoms with Crippen LogP contribution in [0.25, 0.3) is 10.8 Å². The molecule has 0 bridgehead atoms. The van der Waals surface area contributed by atoms with Gasteiger partial charge < -0.3 is 4.42 Å². The highest BCUT2D eigenvalue weighted by atomic mass is 32.2. The number of thioether (sulfide) groups is 1. The highest BCUT2D eigenvalue weighted by Gasteiger charge is 2.29. The van der Waals surface area contributed by atoms with E-state index in [2.05, 4.69) is 4.98 Å². The van der Waals surface area contributed by atoms with E-state index >= 15 is 0 Å². The molecule has 0 amide bonds. The van der Waals surface area contributed by atoms with Crippen LogP contribution < -0.4 is 0 Å². The quantitative estimate of drug-likeness (QED) is 0.275. The minimum atomic E-state index is -4.05. The number of sulfone groups is 1. The zero-order valence-corrected chi connectivity index (χ0v) is 17.2. The van der Waals surface area contributed by atoms with Crippen LogP contribution in [0.3, 0.4) is 0 Å². The van der Waals surface area contributed by atoms with Gasteiger partial charge in [-0.05, 0) is 47.3 Å². The van der Waals surface area contributed by atoms with E-state index in [1.165, 1.54) is 29.5 Å². The topological polar surface area (TPSA) is 60.2 Å². The van der Waals surface area contributed by atoms with Gasteiger partial charge in [-0.2, -0.15) is 4.98 Å². The van der Waals surface area contributed by atoms with Gasteiger partial charge in [-0.25, -0.2) is 17.2 Å². The average Bonchev–Trinajstić information content (AvgIpc) is 3.38. The Morgan fingerprint density at radius 2 is 1.76 bits per heavy atom. The van der Waals surface area contributed by atoms with Crippen LogP contribution >= 0.6 is 23.1 Å². The number of hydrogen-bond donors (Lipinski definition) is 0. The third-order valence-corrected chi connectivity index (χ3v) is 7.65. The third-order valence-electron chi connectivity index (χ3n) is 3.99. The number of rotatable bonds is 6. The summed E-state index contributed by atoms with van der Waals surface area (Å²) in [5.41, 5.74) is 0.414. The Hall–Kier alpha value is -2.49. The van der Waals surface area contributed by atoms with Crippen LogP contribution in [-0.4, -0.2) is 13.4 Å². The van der Waals surface area contributed by atoms with Crippen molar-refractivity contribution < 1.29 is 21.6 Å². The lowest BCUT2D eigenvalue weighted by Crippen LogP contribution is -2.04. The minimum Gasteiger partial charge on any atom is -0.428 e. The molecule has 4 aromatic rings. The van der Waals surface area contributed by atoms with Gasteiger partial charge in [0.1, 0.15) is 11.6 Å². The van der Waals surface area contributed by atoms with Crippen LogP contribution in [-0.2, 0) is 15.6 Å². The first-order valence-electron chi connectivity index (χ1n) is 8.37. The molecule has 0 aliphatic heterocycles. The van der Waals surface area contributed by atoms with E-state index in [0.29, 0.717) is 10.4 Å². The number of hydrogen-bond acceptors (Lipinski definition) is 6. The van der Waals surface area contributed by atoms with E-state index in [1.807, 2.05) is 5.38 Å². The van der Waals surface area contributed by atoms with Gasteiger partial charge in [-0.3, -0.25) is 0 Å². The predicted molar refractivity (Wildman–Crippen MR) is 108 cm³/mol. The Labute approximate surface area is 174 Å². The summed E-state index contributed by atoms with van der Waals surface area (Å²) in [4.78, 5) is 4.77. The maximum absolute atomic E-state index is 13.9. The van der Waals surface area contributed by atoms with Gasteiger partial charge in [-0.15, -0.1) is 11.3 Å². The van der Waals surface area contributed by atoms with Crippen molar-refractivity contribution in [2.24, 2.45) is 0 Å². The van der Waals surface area contributed by atoms with E-state index in [0.717, 1.165) is 23.9 Å². The molecule has 4 nitrogen and oxygen atoms in total. The standard InChI is InChI=1S/C20H13F2NO3S3/c21-14-7-9-15(10-8-14)29(24,25)19-20(26-18(23-19)17-6-3-11-27-17)28-12-13-4-1-2-5-16(13)22/h1-11H,12H2. The predicted octanol–water partition coefficient (Wildman–Crippen LogP) is 5.81. The maximum atomic E-state index is 13.9. The summed E-state index contributed by atoms with van der Waals surface area (Å²) >= 11 is 2.39. The number of aromatic nitrogens is 1. The van der Waals surface area contributed by atoms with Crippen LogP contribution in [0.2, 0.25) is 0 Å². The van der Waals surface area contributed by atoms with Gasteiger partial charge in [0.05, 0.1) is 9.77 Å². The monoisotopic (exact) mass is 449 g/mol. The van der Waals surface area contributed by atoms with Gasteiger partial charge >= 0.3 is 0 Å². The fourth-order valence-corrected chi connectivity index (χ4v) is 5.71. The number of oxazole rings is 1. The SMILES string of the molecule is O=S(=O)(c1ccc(F)cc1)c1nc(-c2cccs2)oc1SCc1ccccc1F. The Morgan fingerprint density at radius 3 is 2.45 bits per heavy atom. The van der Waals surface area contributed by atoms with Crippen molar-refractivity contribution in [1.82, 2.24) is 4.98 Å². The minimum absolute atomic E-state index is 0.0565. The Kier molecular flexibility index (Phi) is 5.53. The summed E-state index contributed by atoms with van der Waals surface area (Å²) in [5.74, 6) is -0.604. The smallest absolute Gasteiger partial charge is 0.238 e. The second-order valence-corrected chi connectivity index (χ2v) is 9.69. The molecule has 0 aliphatic rings. The molecule has 0 saturated heterocycles. The zero-order valence-electron chi connectivity index (χ0n) is 14.7. The van der Waals surface area contributed by atoms with E-state index in [-0.39, 0.29) is 32.5 Å². The fourth-order valence-electron chi connectivity index (χ4n) is 2.54. The highest BCUT2D eigenvalue weighted by Crippen LogP contribution is 2.37. The summed E-state index contributed by atoms with van der Waals surface area (Å²) in [6.07, 6.45) is 0. The van der Waals surface area contributed by atoms with Gasteiger partial charge in [0.15, 0.2) is 0 Å². The van der Waals surface area contributed by atoms with Crippen LogP contribution in [0.1, 0.15) is 5.56 Å². The second kappa shape index (κ2) is 8.10. The molecule has 0 fully saturated rings. The Morgan fingerprint density at radius 1 is 1.00 bits per heavy atom. The van der Waals surface area contributed by atoms with E-state index in [1.54, 1.807) is 30.3 Å².